The fourth-order valence-corrected chi connectivity index (χ4v) is 2.81. The Hall–Kier alpha value is -0.600. The summed E-state index contributed by atoms with van der Waals surface area (Å²) in [5, 5.41) is 2.92. The first-order valence-corrected chi connectivity index (χ1v) is 7.71. The lowest BCUT2D eigenvalue weighted by Gasteiger charge is -2.34. The van der Waals surface area contributed by atoms with Gasteiger partial charge in [0.1, 0.15) is 6.10 Å². The van der Waals surface area contributed by atoms with E-state index in [4.69, 9.17) is 10.5 Å². The van der Waals surface area contributed by atoms with E-state index in [0.29, 0.717) is 13.1 Å². The van der Waals surface area contributed by atoms with Crippen molar-refractivity contribution in [2.24, 2.45) is 5.73 Å². The molecule has 7 nitrogen and oxygen atoms in total. The van der Waals surface area contributed by atoms with Crippen LogP contribution in [0.25, 0.3) is 0 Å². The molecule has 0 aliphatic carbocycles. The van der Waals surface area contributed by atoms with Gasteiger partial charge in [-0.1, -0.05) is 0 Å². The molecule has 136 valence electrons. The van der Waals surface area contributed by atoms with E-state index in [9.17, 15) is 9.59 Å². The van der Waals surface area contributed by atoms with Crippen LogP contribution in [0.5, 0.6) is 0 Å². The van der Waals surface area contributed by atoms with E-state index < -0.39 is 0 Å². The second-order valence-electron chi connectivity index (χ2n) is 5.70. The average molecular weight is 371 g/mol. The Kier molecular flexibility index (Phi) is 10.8. The van der Waals surface area contributed by atoms with E-state index in [1.165, 1.54) is 0 Å². The molecule has 0 spiro atoms. The molecule has 0 radical (unpaired) electrons. The predicted octanol–water partition coefficient (Wildman–Crippen LogP) is -0.383. The first-order chi connectivity index (χ1) is 10.1. The van der Waals surface area contributed by atoms with Gasteiger partial charge in [0, 0.05) is 52.7 Å². The maximum atomic E-state index is 11.9. The Balaban J connectivity index is 0.00000242. The zero-order valence-electron chi connectivity index (χ0n) is 13.5. The summed E-state index contributed by atoms with van der Waals surface area (Å²) in [6.45, 7) is 6.78. The number of nitrogens with two attached hydrogens (primary N) is 1. The quantitative estimate of drug-likeness (QED) is 0.688. The molecule has 0 aromatic rings. The summed E-state index contributed by atoms with van der Waals surface area (Å²) >= 11 is 0. The number of carbonyl (C=O) groups excluding carboxylic acids is 2. The van der Waals surface area contributed by atoms with Gasteiger partial charge in [0.15, 0.2) is 0 Å². The summed E-state index contributed by atoms with van der Waals surface area (Å²) in [5.74, 6) is 0.101. The van der Waals surface area contributed by atoms with Crippen molar-refractivity contribution in [3.8, 4) is 0 Å². The van der Waals surface area contributed by atoms with Crippen molar-refractivity contribution >= 4 is 36.6 Å². The van der Waals surface area contributed by atoms with Gasteiger partial charge in [-0.3, -0.25) is 14.5 Å². The second-order valence-corrected chi connectivity index (χ2v) is 5.70. The van der Waals surface area contributed by atoms with Gasteiger partial charge in [-0.15, -0.1) is 24.8 Å². The Labute approximate surface area is 150 Å². The number of rotatable bonds is 5. The van der Waals surface area contributed by atoms with Crippen LogP contribution < -0.4 is 11.1 Å². The van der Waals surface area contributed by atoms with E-state index in [0.717, 1.165) is 45.6 Å². The lowest BCUT2D eigenvalue weighted by molar-refractivity contribution is -0.131. The molecule has 0 unspecified atom stereocenters. The number of carbonyl (C=O) groups is 2. The topological polar surface area (TPSA) is 87.9 Å². The molecule has 3 N–H and O–H groups in total. The minimum atomic E-state index is -0.340. The molecule has 0 aromatic heterocycles. The summed E-state index contributed by atoms with van der Waals surface area (Å²) in [4.78, 5) is 27.3. The molecular formula is C14H28Cl2N4O3. The number of nitrogens with one attached hydrogen (secondary N) is 1. The molecule has 0 saturated carbocycles. The summed E-state index contributed by atoms with van der Waals surface area (Å²) in [7, 11) is 0. The number of hydrogen-bond acceptors (Lipinski definition) is 5. The monoisotopic (exact) mass is 370 g/mol. The first kappa shape index (κ1) is 22.4. The van der Waals surface area contributed by atoms with Crippen LogP contribution in [0, 0.1) is 0 Å². The highest BCUT2D eigenvalue weighted by Crippen LogP contribution is 2.18. The summed E-state index contributed by atoms with van der Waals surface area (Å²) in [6.07, 6.45) is 1.31. The highest BCUT2D eigenvalue weighted by Gasteiger charge is 2.29. The van der Waals surface area contributed by atoms with Crippen molar-refractivity contribution in [2.45, 2.75) is 32.0 Å². The normalized spacial score (nSPS) is 24.5. The zero-order valence-corrected chi connectivity index (χ0v) is 15.2. The molecule has 2 aliphatic rings. The molecule has 2 rings (SSSR count). The summed E-state index contributed by atoms with van der Waals surface area (Å²) in [5.41, 5.74) is 5.53. The molecule has 9 heteroatoms. The third-order valence-electron chi connectivity index (χ3n) is 4.21. The number of ether oxygens (including phenoxy) is 1. The third kappa shape index (κ3) is 6.81. The molecule has 2 saturated heterocycles. The molecule has 2 aliphatic heterocycles. The van der Waals surface area contributed by atoms with Crippen molar-refractivity contribution in [1.82, 2.24) is 15.1 Å². The van der Waals surface area contributed by atoms with E-state index in [1.54, 1.807) is 6.92 Å². The van der Waals surface area contributed by atoms with Crippen LogP contribution in [0.15, 0.2) is 0 Å². The largest absolute Gasteiger partial charge is 0.364 e. The van der Waals surface area contributed by atoms with Gasteiger partial charge in [0.05, 0.1) is 6.10 Å². The van der Waals surface area contributed by atoms with Crippen LogP contribution in [-0.4, -0.2) is 79.6 Å². The van der Waals surface area contributed by atoms with Gasteiger partial charge in [-0.2, -0.15) is 0 Å². The van der Waals surface area contributed by atoms with Crippen LogP contribution >= 0.6 is 24.8 Å². The highest BCUT2D eigenvalue weighted by molar-refractivity contribution is 5.85. The van der Waals surface area contributed by atoms with Gasteiger partial charge >= 0.3 is 0 Å². The van der Waals surface area contributed by atoms with Gasteiger partial charge in [0.25, 0.3) is 0 Å². The molecule has 23 heavy (non-hydrogen) atoms. The maximum Gasteiger partial charge on any atom is 0.249 e. The van der Waals surface area contributed by atoms with E-state index >= 15 is 0 Å². The number of piperazine rings is 1. The molecule has 2 atom stereocenters. The van der Waals surface area contributed by atoms with Gasteiger partial charge in [-0.05, 0) is 12.8 Å². The minimum absolute atomic E-state index is 0. The smallest absolute Gasteiger partial charge is 0.249 e. The maximum absolute atomic E-state index is 11.9. The van der Waals surface area contributed by atoms with E-state index in [1.807, 2.05) is 4.90 Å². The van der Waals surface area contributed by atoms with Crippen LogP contribution in [0.4, 0.5) is 0 Å². The van der Waals surface area contributed by atoms with Crippen molar-refractivity contribution in [3.63, 3.8) is 0 Å². The van der Waals surface area contributed by atoms with Gasteiger partial charge in [-0.25, -0.2) is 0 Å². The standard InChI is InChI=1S/C14H26N4O3.2ClH/c1-11(19)18-8-6-17(7-9-18)5-4-16-14(20)13-3-2-12(10-15)21-13;;/h12-13H,2-10,15H2,1H3,(H,16,20);2*1H/t12-,13+;;/m1../s1. The Morgan fingerprint density at radius 1 is 1.17 bits per heavy atom. The molecule has 2 heterocycles. The fraction of sp³-hybridized carbons (Fsp3) is 0.857. The third-order valence-corrected chi connectivity index (χ3v) is 4.21. The van der Waals surface area contributed by atoms with Crippen LogP contribution in [-0.2, 0) is 14.3 Å². The van der Waals surface area contributed by atoms with Gasteiger partial charge < -0.3 is 20.7 Å². The van der Waals surface area contributed by atoms with Gasteiger partial charge in [0.2, 0.25) is 11.8 Å². The number of hydrogen-bond donors (Lipinski definition) is 2. The van der Waals surface area contributed by atoms with Crippen molar-refractivity contribution < 1.29 is 14.3 Å². The fourth-order valence-electron chi connectivity index (χ4n) is 2.81. The molecule has 0 bridgehead atoms. The van der Waals surface area contributed by atoms with E-state index in [2.05, 4.69) is 10.2 Å². The Morgan fingerprint density at radius 2 is 1.83 bits per heavy atom. The van der Waals surface area contributed by atoms with Crippen LogP contribution in [0.2, 0.25) is 0 Å². The molecule has 0 aromatic carbocycles. The number of amides is 2. The summed E-state index contributed by atoms with van der Waals surface area (Å²) < 4.78 is 5.56. The van der Waals surface area contributed by atoms with Crippen molar-refractivity contribution in [1.29, 1.82) is 0 Å². The number of nitrogens with zero attached hydrogens (tertiary/aromatic N) is 2. The minimum Gasteiger partial charge on any atom is -0.364 e. The van der Waals surface area contributed by atoms with Crippen LogP contribution in [0.1, 0.15) is 19.8 Å². The highest BCUT2D eigenvalue weighted by atomic mass is 35.5. The Bertz CT molecular complexity index is 379. The van der Waals surface area contributed by atoms with Crippen LogP contribution in [0.3, 0.4) is 0 Å². The van der Waals surface area contributed by atoms with E-state index in [-0.39, 0.29) is 48.8 Å². The molecule has 2 amide bonds. The number of halogens is 2. The lowest BCUT2D eigenvalue weighted by atomic mass is 10.2. The SMILES string of the molecule is CC(=O)N1CCN(CCNC(=O)[C@@H]2CC[C@H](CN)O2)CC1.Cl.Cl. The second kappa shape index (κ2) is 11.0. The van der Waals surface area contributed by atoms with Crippen molar-refractivity contribution in [3.05, 3.63) is 0 Å². The molecule has 2 fully saturated rings. The Morgan fingerprint density at radius 3 is 2.35 bits per heavy atom. The zero-order chi connectivity index (χ0) is 15.2. The average Bonchev–Trinajstić information content (AvgIpc) is 2.96. The molecular weight excluding hydrogens is 343 g/mol. The summed E-state index contributed by atoms with van der Waals surface area (Å²) in [6, 6.07) is 0. The first-order valence-electron chi connectivity index (χ1n) is 7.71. The lowest BCUT2D eigenvalue weighted by Crippen LogP contribution is -2.50. The van der Waals surface area contributed by atoms with Crippen molar-refractivity contribution in [2.75, 3.05) is 45.8 Å². The predicted molar refractivity (Wildman–Crippen MR) is 93.1 cm³/mol.